The lowest BCUT2D eigenvalue weighted by Crippen LogP contribution is -2.48. The summed E-state index contributed by atoms with van der Waals surface area (Å²) in [5.74, 6) is 1.86. The zero-order valence-corrected chi connectivity index (χ0v) is 17.2. The third-order valence-corrected chi connectivity index (χ3v) is 5.99. The van der Waals surface area contributed by atoms with Crippen molar-refractivity contribution in [2.45, 2.75) is 24.9 Å². The normalized spacial score (nSPS) is 20.2. The number of pyridine rings is 1. The summed E-state index contributed by atoms with van der Waals surface area (Å²) >= 11 is 5.57. The minimum absolute atomic E-state index is 0.101. The second kappa shape index (κ2) is 7.49. The summed E-state index contributed by atoms with van der Waals surface area (Å²) in [5, 5.41) is 7.43. The molecule has 1 N–H and O–H groups in total. The molecule has 0 spiro atoms. The van der Waals surface area contributed by atoms with Crippen LogP contribution in [0.2, 0.25) is 0 Å². The summed E-state index contributed by atoms with van der Waals surface area (Å²) in [7, 11) is 1.82. The average Bonchev–Trinajstić information content (AvgIpc) is 3.34. The number of carbonyl (C=O) groups is 1. The maximum Gasteiger partial charge on any atom is 0.291 e. The van der Waals surface area contributed by atoms with Crippen LogP contribution in [0.1, 0.15) is 34.5 Å². The topological polar surface area (TPSA) is 85.2 Å². The van der Waals surface area contributed by atoms with Crippen molar-refractivity contribution in [1.29, 1.82) is 0 Å². The first-order valence-electron chi connectivity index (χ1n) is 9.78. The van der Waals surface area contributed by atoms with Gasteiger partial charge < -0.3 is 15.0 Å². The van der Waals surface area contributed by atoms with E-state index in [1.54, 1.807) is 17.2 Å². The van der Waals surface area contributed by atoms with Crippen molar-refractivity contribution in [3.05, 3.63) is 65.9 Å². The number of carbonyl (C=O) groups excluding carboxylic acids is 1. The van der Waals surface area contributed by atoms with Crippen molar-refractivity contribution < 1.29 is 9.53 Å². The number of aryl methyl sites for hydroxylation is 1. The highest BCUT2D eigenvalue weighted by Crippen LogP contribution is 2.30. The zero-order chi connectivity index (χ0) is 20.7. The number of rotatable bonds is 3. The van der Waals surface area contributed by atoms with Crippen molar-refractivity contribution in [1.82, 2.24) is 25.1 Å². The van der Waals surface area contributed by atoms with Crippen LogP contribution in [0.4, 0.5) is 5.82 Å². The molecule has 0 bridgehead atoms. The van der Waals surface area contributed by atoms with Gasteiger partial charge in [-0.25, -0.2) is 14.6 Å². The summed E-state index contributed by atoms with van der Waals surface area (Å²) in [4.78, 5) is 24.0. The SMILES string of the molecule is CN1C(=S)C(NC(=O)c2nc3n(n2)C(c2ccccc2)CC3)COc2cccnc21. The lowest BCUT2D eigenvalue weighted by molar-refractivity contribution is 0.0926. The van der Waals surface area contributed by atoms with Gasteiger partial charge in [0.2, 0.25) is 5.82 Å². The third kappa shape index (κ3) is 3.21. The Hall–Kier alpha value is -3.33. The quantitative estimate of drug-likeness (QED) is 0.650. The van der Waals surface area contributed by atoms with Crippen LogP contribution in [0.5, 0.6) is 5.75 Å². The summed E-state index contributed by atoms with van der Waals surface area (Å²) in [6, 6.07) is 13.4. The number of fused-ring (bicyclic) bond motifs is 2. The van der Waals surface area contributed by atoms with Crippen LogP contribution in [0.25, 0.3) is 0 Å². The Kier molecular flexibility index (Phi) is 4.66. The molecule has 30 heavy (non-hydrogen) atoms. The van der Waals surface area contributed by atoms with E-state index in [-0.39, 0.29) is 24.4 Å². The lowest BCUT2D eigenvalue weighted by Gasteiger charge is -2.22. The van der Waals surface area contributed by atoms with Crippen LogP contribution >= 0.6 is 12.2 Å². The smallest absolute Gasteiger partial charge is 0.291 e. The number of benzene rings is 1. The zero-order valence-electron chi connectivity index (χ0n) is 16.4. The number of nitrogens with one attached hydrogen (secondary N) is 1. The lowest BCUT2D eigenvalue weighted by atomic mass is 10.1. The second-order valence-electron chi connectivity index (χ2n) is 7.32. The molecular formula is C21H20N6O2S. The van der Waals surface area contributed by atoms with Gasteiger partial charge in [0.15, 0.2) is 11.6 Å². The monoisotopic (exact) mass is 420 g/mol. The van der Waals surface area contributed by atoms with Gasteiger partial charge in [0.05, 0.1) is 6.04 Å². The maximum atomic E-state index is 12.9. The number of ether oxygens (including phenoxy) is 1. The van der Waals surface area contributed by atoms with Crippen molar-refractivity contribution in [2.75, 3.05) is 18.6 Å². The van der Waals surface area contributed by atoms with Gasteiger partial charge in [0.25, 0.3) is 5.91 Å². The Balaban J connectivity index is 1.34. The molecule has 2 atom stereocenters. The number of amides is 1. The predicted octanol–water partition coefficient (Wildman–Crippen LogP) is 2.16. The van der Waals surface area contributed by atoms with E-state index in [0.29, 0.717) is 16.6 Å². The minimum atomic E-state index is -0.491. The van der Waals surface area contributed by atoms with Gasteiger partial charge in [0.1, 0.15) is 23.5 Å². The van der Waals surface area contributed by atoms with Crippen LogP contribution < -0.4 is 15.0 Å². The first-order chi connectivity index (χ1) is 14.6. The first kappa shape index (κ1) is 18.7. The highest BCUT2D eigenvalue weighted by molar-refractivity contribution is 7.80. The van der Waals surface area contributed by atoms with E-state index < -0.39 is 6.04 Å². The van der Waals surface area contributed by atoms with Crippen LogP contribution in [-0.4, -0.2) is 50.3 Å². The van der Waals surface area contributed by atoms with Crippen LogP contribution in [0, 0.1) is 0 Å². The molecule has 2 aliphatic rings. The molecule has 0 saturated heterocycles. The Morgan fingerprint density at radius 1 is 1.23 bits per heavy atom. The number of anilines is 1. The molecule has 5 rings (SSSR count). The fraction of sp³-hybridized carbons (Fsp3) is 0.286. The van der Waals surface area contributed by atoms with E-state index in [1.807, 2.05) is 36.0 Å². The van der Waals surface area contributed by atoms with Gasteiger partial charge in [0, 0.05) is 19.7 Å². The van der Waals surface area contributed by atoms with E-state index >= 15 is 0 Å². The van der Waals surface area contributed by atoms with Gasteiger partial charge in [-0.2, -0.15) is 0 Å². The Bertz CT molecular complexity index is 1120. The van der Waals surface area contributed by atoms with Gasteiger partial charge in [-0.1, -0.05) is 42.5 Å². The maximum absolute atomic E-state index is 12.9. The Morgan fingerprint density at radius 3 is 2.90 bits per heavy atom. The van der Waals surface area contributed by atoms with Gasteiger partial charge in [-0.3, -0.25) is 4.79 Å². The molecule has 4 heterocycles. The number of likely N-dealkylation sites (N-methyl/N-ethyl adjacent to an activating group) is 1. The number of thiocarbonyl (C=S) groups is 1. The molecule has 2 aliphatic heterocycles. The van der Waals surface area contributed by atoms with E-state index in [9.17, 15) is 4.79 Å². The first-order valence-corrected chi connectivity index (χ1v) is 10.2. The van der Waals surface area contributed by atoms with E-state index in [4.69, 9.17) is 17.0 Å². The molecule has 3 aromatic rings. The highest BCUT2D eigenvalue weighted by Gasteiger charge is 2.32. The van der Waals surface area contributed by atoms with E-state index in [1.165, 1.54) is 5.56 Å². The van der Waals surface area contributed by atoms with Crippen molar-refractivity contribution in [2.24, 2.45) is 0 Å². The molecule has 1 aromatic carbocycles. The molecule has 1 amide bonds. The third-order valence-electron chi connectivity index (χ3n) is 5.43. The molecule has 0 saturated carbocycles. The van der Waals surface area contributed by atoms with Crippen LogP contribution in [0.15, 0.2) is 48.7 Å². The Morgan fingerprint density at radius 2 is 2.07 bits per heavy atom. The number of nitrogens with zero attached hydrogens (tertiary/aromatic N) is 5. The minimum Gasteiger partial charge on any atom is -0.487 e. The number of hydrogen-bond donors (Lipinski definition) is 1. The van der Waals surface area contributed by atoms with Crippen LogP contribution in [0.3, 0.4) is 0 Å². The van der Waals surface area contributed by atoms with Crippen LogP contribution in [-0.2, 0) is 6.42 Å². The molecular weight excluding hydrogens is 400 g/mol. The molecule has 152 valence electrons. The highest BCUT2D eigenvalue weighted by atomic mass is 32.1. The summed E-state index contributed by atoms with van der Waals surface area (Å²) < 4.78 is 7.68. The summed E-state index contributed by atoms with van der Waals surface area (Å²) in [6.07, 6.45) is 3.40. The molecule has 9 heteroatoms. The molecule has 0 aliphatic carbocycles. The van der Waals surface area contributed by atoms with Crippen molar-refractivity contribution >= 4 is 28.9 Å². The molecule has 0 radical (unpaired) electrons. The number of hydrogen-bond acceptors (Lipinski definition) is 6. The predicted molar refractivity (Wildman–Crippen MR) is 115 cm³/mol. The van der Waals surface area contributed by atoms with Crippen molar-refractivity contribution in [3.63, 3.8) is 0 Å². The molecule has 0 fully saturated rings. The molecule has 2 aromatic heterocycles. The van der Waals surface area contributed by atoms with E-state index in [0.717, 1.165) is 18.7 Å². The Labute approximate surface area is 178 Å². The average molecular weight is 420 g/mol. The van der Waals surface area contributed by atoms with Crippen molar-refractivity contribution in [3.8, 4) is 5.75 Å². The largest absolute Gasteiger partial charge is 0.487 e. The van der Waals surface area contributed by atoms with Gasteiger partial charge >= 0.3 is 0 Å². The fourth-order valence-corrected chi connectivity index (χ4v) is 4.11. The second-order valence-corrected chi connectivity index (χ2v) is 7.74. The summed E-state index contributed by atoms with van der Waals surface area (Å²) in [5.41, 5.74) is 1.17. The standard InChI is InChI=1S/C21H20N6O2S/c1-26-19-16(8-5-11-22-19)29-12-14(21(26)30)23-20(28)18-24-17-10-9-15(27(17)25-18)13-6-3-2-4-7-13/h2-8,11,14-15H,9-10,12H2,1H3,(H,23,28). The fourth-order valence-electron chi connectivity index (χ4n) is 3.90. The van der Waals surface area contributed by atoms with Gasteiger partial charge in [-0.15, -0.1) is 5.10 Å². The number of aromatic nitrogens is 4. The van der Waals surface area contributed by atoms with Gasteiger partial charge in [-0.05, 0) is 24.1 Å². The van der Waals surface area contributed by atoms with E-state index in [2.05, 4.69) is 32.5 Å². The molecule has 2 unspecified atom stereocenters. The molecule has 8 nitrogen and oxygen atoms in total. The summed E-state index contributed by atoms with van der Waals surface area (Å²) in [6.45, 7) is 0.216.